The molecule has 5 heteroatoms. The van der Waals surface area contributed by atoms with E-state index >= 15 is 0 Å². The van der Waals surface area contributed by atoms with Crippen LogP contribution in [-0.2, 0) is 9.53 Å². The Morgan fingerprint density at radius 2 is 2.19 bits per heavy atom. The smallest absolute Gasteiger partial charge is 0.325 e. The Hall–Kier alpha value is -0.650. The zero-order valence-corrected chi connectivity index (χ0v) is 14.6. The molecular formula is C16H33N3O2. The van der Waals surface area contributed by atoms with Gasteiger partial charge in [-0.15, -0.1) is 0 Å². The normalized spacial score (nSPS) is 24.0. The van der Waals surface area contributed by atoms with E-state index in [2.05, 4.69) is 43.1 Å². The first-order valence-electron chi connectivity index (χ1n) is 8.08. The van der Waals surface area contributed by atoms with Crippen LogP contribution in [0.4, 0.5) is 0 Å². The second kappa shape index (κ2) is 8.11. The standard InChI is InChI=1S/C16H33N3O2/c1-7-9-17-16(3,15(20)21-6)11-13(2)19-10-8-14(12-19)18(4)5/h13-14,17H,7-12H2,1-6H3. The van der Waals surface area contributed by atoms with Crippen molar-refractivity contribution in [2.24, 2.45) is 0 Å². The predicted molar refractivity (Wildman–Crippen MR) is 86.5 cm³/mol. The molecule has 0 aromatic carbocycles. The summed E-state index contributed by atoms with van der Waals surface area (Å²) in [6.45, 7) is 9.31. The molecule has 3 unspecified atom stereocenters. The van der Waals surface area contributed by atoms with Crippen molar-refractivity contribution in [2.45, 2.75) is 57.7 Å². The summed E-state index contributed by atoms with van der Waals surface area (Å²) >= 11 is 0. The molecule has 0 amide bonds. The Labute approximate surface area is 130 Å². The van der Waals surface area contributed by atoms with Crippen molar-refractivity contribution in [2.75, 3.05) is 40.8 Å². The van der Waals surface area contributed by atoms with Gasteiger partial charge in [0.1, 0.15) is 5.54 Å². The number of nitrogens with one attached hydrogen (secondary N) is 1. The van der Waals surface area contributed by atoms with Gasteiger partial charge in [0, 0.05) is 25.2 Å². The van der Waals surface area contributed by atoms with Gasteiger partial charge >= 0.3 is 5.97 Å². The average Bonchev–Trinajstić information content (AvgIpc) is 2.94. The number of carbonyl (C=O) groups is 1. The lowest BCUT2D eigenvalue weighted by molar-refractivity contribution is -0.148. The molecule has 5 nitrogen and oxygen atoms in total. The Balaban J connectivity index is 2.64. The molecule has 0 aromatic heterocycles. The Morgan fingerprint density at radius 1 is 1.52 bits per heavy atom. The minimum absolute atomic E-state index is 0.161. The summed E-state index contributed by atoms with van der Waals surface area (Å²) < 4.78 is 5.01. The van der Waals surface area contributed by atoms with E-state index in [4.69, 9.17) is 4.74 Å². The van der Waals surface area contributed by atoms with E-state index in [1.165, 1.54) is 13.5 Å². The summed E-state index contributed by atoms with van der Waals surface area (Å²) in [5, 5.41) is 3.37. The summed E-state index contributed by atoms with van der Waals surface area (Å²) in [4.78, 5) is 16.9. The van der Waals surface area contributed by atoms with Gasteiger partial charge in [-0.3, -0.25) is 9.69 Å². The number of carbonyl (C=O) groups excluding carboxylic acids is 1. The van der Waals surface area contributed by atoms with Crippen LogP contribution in [-0.4, -0.2) is 74.2 Å². The molecule has 124 valence electrons. The fourth-order valence-electron chi connectivity index (χ4n) is 3.16. The van der Waals surface area contributed by atoms with Crippen molar-refractivity contribution < 1.29 is 9.53 Å². The average molecular weight is 299 g/mol. The molecule has 1 aliphatic rings. The second-order valence-electron chi connectivity index (χ2n) is 6.70. The number of ether oxygens (including phenoxy) is 1. The number of likely N-dealkylation sites (tertiary alicyclic amines) is 1. The van der Waals surface area contributed by atoms with Crippen LogP contribution < -0.4 is 5.32 Å². The number of hydrogen-bond acceptors (Lipinski definition) is 5. The molecule has 1 fully saturated rings. The minimum Gasteiger partial charge on any atom is -0.468 e. The fraction of sp³-hybridized carbons (Fsp3) is 0.938. The highest BCUT2D eigenvalue weighted by Gasteiger charge is 2.38. The maximum Gasteiger partial charge on any atom is 0.325 e. The monoisotopic (exact) mass is 299 g/mol. The Morgan fingerprint density at radius 3 is 2.67 bits per heavy atom. The van der Waals surface area contributed by atoms with Crippen molar-refractivity contribution in [3.05, 3.63) is 0 Å². The van der Waals surface area contributed by atoms with Gasteiger partial charge in [-0.25, -0.2) is 0 Å². The van der Waals surface area contributed by atoms with E-state index in [1.807, 2.05) is 6.92 Å². The molecule has 0 spiro atoms. The van der Waals surface area contributed by atoms with Gasteiger partial charge in [0.25, 0.3) is 0 Å². The Bertz CT molecular complexity index is 335. The van der Waals surface area contributed by atoms with Crippen LogP contribution in [0.15, 0.2) is 0 Å². The van der Waals surface area contributed by atoms with Crippen LogP contribution in [0.1, 0.15) is 40.0 Å². The lowest BCUT2D eigenvalue weighted by Gasteiger charge is -2.34. The van der Waals surface area contributed by atoms with Gasteiger partial charge in [0.05, 0.1) is 7.11 Å². The van der Waals surface area contributed by atoms with Crippen LogP contribution in [0.5, 0.6) is 0 Å². The van der Waals surface area contributed by atoms with Gasteiger partial charge in [-0.1, -0.05) is 6.92 Å². The van der Waals surface area contributed by atoms with Gasteiger partial charge < -0.3 is 15.0 Å². The Kier molecular flexibility index (Phi) is 7.10. The molecule has 1 rings (SSSR count). The van der Waals surface area contributed by atoms with Gasteiger partial charge in [-0.2, -0.15) is 0 Å². The summed E-state index contributed by atoms with van der Waals surface area (Å²) in [7, 11) is 5.75. The first kappa shape index (κ1) is 18.4. The number of nitrogens with zero attached hydrogens (tertiary/aromatic N) is 2. The summed E-state index contributed by atoms with van der Waals surface area (Å²) in [5.41, 5.74) is -0.597. The maximum absolute atomic E-state index is 12.2. The SMILES string of the molecule is CCCNC(C)(CC(C)N1CCC(N(C)C)C1)C(=O)OC. The predicted octanol–water partition coefficient (Wildman–Crippen LogP) is 1.33. The quantitative estimate of drug-likeness (QED) is 0.685. The van der Waals surface area contributed by atoms with Crippen molar-refractivity contribution in [3.63, 3.8) is 0 Å². The summed E-state index contributed by atoms with van der Waals surface area (Å²) in [5.74, 6) is -0.161. The third-order valence-electron chi connectivity index (χ3n) is 4.65. The molecule has 0 bridgehead atoms. The third-order valence-corrected chi connectivity index (χ3v) is 4.65. The van der Waals surface area contributed by atoms with E-state index < -0.39 is 5.54 Å². The van der Waals surface area contributed by atoms with Crippen LogP contribution in [0.2, 0.25) is 0 Å². The number of likely N-dealkylation sites (N-methyl/N-ethyl adjacent to an activating group) is 1. The van der Waals surface area contributed by atoms with Crippen molar-refractivity contribution in [3.8, 4) is 0 Å². The number of esters is 1. The molecular weight excluding hydrogens is 266 g/mol. The topological polar surface area (TPSA) is 44.8 Å². The minimum atomic E-state index is -0.597. The molecule has 1 saturated heterocycles. The number of methoxy groups -OCH3 is 1. The van der Waals surface area contributed by atoms with Gasteiger partial charge in [0.15, 0.2) is 0 Å². The molecule has 0 aliphatic carbocycles. The van der Waals surface area contributed by atoms with Crippen LogP contribution in [0, 0.1) is 0 Å². The van der Waals surface area contributed by atoms with Crippen molar-refractivity contribution in [1.29, 1.82) is 0 Å². The molecule has 0 aromatic rings. The molecule has 1 heterocycles. The highest BCUT2D eigenvalue weighted by Crippen LogP contribution is 2.23. The van der Waals surface area contributed by atoms with Crippen LogP contribution in [0.25, 0.3) is 0 Å². The third kappa shape index (κ3) is 4.94. The van der Waals surface area contributed by atoms with Crippen LogP contribution >= 0.6 is 0 Å². The number of rotatable bonds is 8. The van der Waals surface area contributed by atoms with Gasteiger partial charge in [0.2, 0.25) is 0 Å². The molecule has 0 radical (unpaired) electrons. The molecule has 3 atom stereocenters. The highest BCUT2D eigenvalue weighted by molar-refractivity contribution is 5.80. The molecule has 21 heavy (non-hydrogen) atoms. The summed E-state index contributed by atoms with van der Waals surface area (Å²) in [6.07, 6.45) is 2.99. The largest absolute Gasteiger partial charge is 0.468 e. The fourth-order valence-corrected chi connectivity index (χ4v) is 3.16. The van der Waals surface area contributed by atoms with E-state index in [-0.39, 0.29) is 5.97 Å². The maximum atomic E-state index is 12.2. The van der Waals surface area contributed by atoms with Crippen LogP contribution in [0.3, 0.4) is 0 Å². The van der Waals surface area contributed by atoms with E-state index in [9.17, 15) is 4.79 Å². The molecule has 1 aliphatic heterocycles. The first-order chi connectivity index (χ1) is 9.84. The van der Waals surface area contributed by atoms with E-state index in [0.29, 0.717) is 12.1 Å². The first-order valence-corrected chi connectivity index (χ1v) is 8.08. The lowest BCUT2D eigenvalue weighted by atomic mass is 9.92. The second-order valence-corrected chi connectivity index (χ2v) is 6.70. The highest BCUT2D eigenvalue weighted by atomic mass is 16.5. The lowest BCUT2D eigenvalue weighted by Crippen LogP contribution is -2.54. The van der Waals surface area contributed by atoms with E-state index in [1.54, 1.807) is 0 Å². The van der Waals surface area contributed by atoms with Gasteiger partial charge in [-0.05, 0) is 53.8 Å². The van der Waals surface area contributed by atoms with Crippen molar-refractivity contribution in [1.82, 2.24) is 15.1 Å². The summed E-state index contributed by atoms with van der Waals surface area (Å²) in [6, 6.07) is 0.990. The van der Waals surface area contributed by atoms with E-state index in [0.717, 1.165) is 32.5 Å². The zero-order valence-electron chi connectivity index (χ0n) is 14.6. The molecule has 0 saturated carbocycles. The number of hydrogen-bond donors (Lipinski definition) is 1. The van der Waals surface area contributed by atoms with Crippen molar-refractivity contribution >= 4 is 5.97 Å². The molecule has 1 N–H and O–H groups in total. The zero-order chi connectivity index (χ0) is 16.0.